The summed E-state index contributed by atoms with van der Waals surface area (Å²) in [4.78, 5) is 4.11. The molecular formula is C15H17N3O2S. The predicted octanol–water partition coefficient (Wildman–Crippen LogP) is 1.85. The summed E-state index contributed by atoms with van der Waals surface area (Å²) in [5.41, 5.74) is 8.67. The first kappa shape index (κ1) is 14.0. The number of benzene rings is 1. The molecule has 21 heavy (non-hydrogen) atoms. The van der Waals surface area contributed by atoms with Crippen LogP contribution in [0.15, 0.2) is 47.6 Å². The Morgan fingerprint density at radius 3 is 2.81 bits per heavy atom. The van der Waals surface area contributed by atoms with Crippen LogP contribution < -0.4 is 10.0 Å². The molecule has 1 aromatic carbocycles. The molecule has 2 heterocycles. The number of hydrogen-bond acceptors (Lipinski definition) is 4. The fraction of sp³-hybridized carbons (Fsp3) is 0.267. The number of fused-ring (bicyclic) bond motifs is 1. The van der Waals surface area contributed by atoms with E-state index >= 15 is 0 Å². The van der Waals surface area contributed by atoms with Crippen LogP contribution >= 0.6 is 0 Å². The molecule has 0 saturated carbocycles. The highest BCUT2D eigenvalue weighted by Gasteiger charge is 2.31. The Bertz CT molecular complexity index is 758. The first-order valence-electron chi connectivity index (χ1n) is 6.81. The molecule has 0 amide bonds. The van der Waals surface area contributed by atoms with Crippen LogP contribution in [0.2, 0.25) is 0 Å². The van der Waals surface area contributed by atoms with Crippen molar-refractivity contribution in [2.45, 2.75) is 24.3 Å². The van der Waals surface area contributed by atoms with Crippen LogP contribution in [0.1, 0.15) is 24.1 Å². The van der Waals surface area contributed by atoms with Gasteiger partial charge in [-0.1, -0.05) is 12.1 Å². The van der Waals surface area contributed by atoms with Crippen LogP contribution in [0.3, 0.4) is 0 Å². The highest BCUT2D eigenvalue weighted by atomic mass is 32.2. The van der Waals surface area contributed by atoms with Gasteiger partial charge in [0.05, 0.1) is 5.69 Å². The van der Waals surface area contributed by atoms with Gasteiger partial charge < -0.3 is 5.73 Å². The SMILES string of the molecule is CC(N)c1ccc2c(c1)CCN2S(=O)(=O)c1cccnc1. The zero-order valence-electron chi connectivity index (χ0n) is 11.7. The topological polar surface area (TPSA) is 76.3 Å². The van der Waals surface area contributed by atoms with Crippen LogP contribution in [0, 0.1) is 0 Å². The smallest absolute Gasteiger partial charge is 0.265 e. The third-order valence-electron chi connectivity index (χ3n) is 3.70. The van der Waals surface area contributed by atoms with E-state index in [0.717, 1.165) is 16.8 Å². The molecule has 1 aliphatic rings. The number of hydrogen-bond donors (Lipinski definition) is 1. The van der Waals surface area contributed by atoms with Crippen molar-refractivity contribution in [3.05, 3.63) is 53.9 Å². The van der Waals surface area contributed by atoms with E-state index < -0.39 is 10.0 Å². The Hall–Kier alpha value is -1.92. The predicted molar refractivity (Wildman–Crippen MR) is 81.5 cm³/mol. The largest absolute Gasteiger partial charge is 0.324 e. The summed E-state index contributed by atoms with van der Waals surface area (Å²) in [7, 11) is -3.55. The average Bonchev–Trinajstić information content (AvgIpc) is 2.91. The Morgan fingerprint density at radius 2 is 2.14 bits per heavy atom. The van der Waals surface area contributed by atoms with Gasteiger partial charge in [0.1, 0.15) is 4.90 Å². The summed E-state index contributed by atoms with van der Waals surface area (Å²) in [5, 5.41) is 0. The summed E-state index contributed by atoms with van der Waals surface area (Å²) in [6.45, 7) is 2.37. The minimum atomic E-state index is -3.55. The van der Waals surface area contributed by atoms with Gasteiger partial charge in [0, 0.05) is 25.0 Å². The van der Waals surface area contributed by atoms with Crippen molar-refractivity contribution >= 4 is 15.7 Å². The standard InChI is InChI=1S/C15H17N3O2S/c1-11(16)12-4-5-15-13(9-12)6-8-18(15)21(19,20)14-3-2-7-17-10-14/h2-5,7,9-11H,6,8,16H2,1H3. The van der Waals surface area contributed by atoms with Crippen molar-refractivity contribution in [2.24, 2.45) is 5.73 Å². The van der Waals surface area contributed by atoms with Crippen LogP contribution in [-0.4, -0.2) is 19.9 Å². The number of anilines is 1. The lowest BCUT2D eigenvalue weighted by molar-refractivity contribution is 0.592. The molecule has 0 saturated heterocycles. The molecular weight excluding hydrogens is 286 g/mol. The fourth-order valence-electron chi connectivity index (χ4n) is 2.55. The van der Waals surface area contributed by atoms with Crippen molar-refractivity contribution in [3.8, 4) is 0 Å². The lowest BCUT2D eigenvalue weighted by atomic mass is 10.0. The maximum Gasteiger partial charge on any atom is 0.265 e. The molecule has 110 valence electrons. The molecule has 0 fully saturated rings. The quantitative estimate of drug-likeness (QED) is 0.939. The minimum Gasteiger partial charge on any atom is -0.324 e. The molecule has 2 aromatic rings. The molecule has 1 unspecified atom stereocenters. The second-order valence-electron chi connectivity index (χ2n) is 5.19. The second kappa shape index (κ2) is 5.13. The maximum atomic E-state index is 12.7. The molecule has 6 heteroatoms. The number of nitrogens with two attached hydrogens (primary N) is 1. The molecule has 0 spiro atoms. The van der Waals surface area contributed by atoms with Gasteiger partial charge in [-0.25, -0.2) is 8.42 Å². The number of rotatable bonds is 3. The first-order chi connectivity index (χ1) is 10.00. The third-order valence-corrected chi connectivity index (χ3v) is 5.50. The highest BCUT2D eigenvalue weighted by molar-refractivity contribution is 7.92. The molecule has 2 N–H and O–H groups in total. The number of aromatic nitrogens is 1. The molecule has 0 aliphatic carbocycles. The molecule has 0 radical (unpaired) electrons. The third kappa shape index (κ3) is 2.41. The van der Waals surface area contributed by atoms with Crippen LogP contribution in [0.5, 0.6) is 0 Å². The number of nitrogens with zero attached hydrogens (tertiary/aromatic N) is 2. The van der Waals surface area contributed by atoms with Crippen molar-refractivity contribution in [2.75, 3.05) is 10.8 Å². The molecule has 0 bridgehead atoms. The lowest BCUT2D eigenvalue weighted by Crippen LogP contribution is -2.29. The summed E-state index contributed by atoms with van der Waals surface area (Å²) in [6.07, 6.45) is 3.64. The average molecular weight is 303 g/mol. The Balaban J connectivity index is 2.02. The molecule has 1 atom stereocenters. The zero-order chi connectivity index (χ0) is 15.0. The lowest BCUT2D eigenvalue weighted by Gasteiger charge is -2.19. The molecule has 5 nitrogen and oxygen atoms in total. The van der Waals surface area contributed by atoms with Crippen LogP contribution in [0.4, 0.5) is 5.69 Å². The highest BCUT2D eigenvalue weighted by Crippen LogP contribution is 2.34. The van der Waals surface area contributed by atoms with Crippen molar-refractivity contribution < 1.29 is 8.42 Å². The van der Waals surface area contributed by atoms with Gasteiger partial charge in [-0.2, -0.15) is 0 Å². The zero-order valence-corrected chi connectivity index (χ0v) is 12.5. The van der Waals surface area contributed by atoms with E-state index in [1.165, 1.54) is 10.5 Å². The van der Waals surface area contributed by atoms with E-state index in [-0.39, 0.29) is 10.9 Å². The minimum absolute atomic E-state index is 0.0562. The number of sulfonamides is 1. The van der Waals surface area contributed by atoms with Gasteiger partial charge in [0.25, 0.3) is 10.0 Å². The van der Waals surface area contributed by atoms with Crippen LogP contribution in [-0.2, 0) is 16.4 Å². The van der Waals surface area contributed by atoms with Gasteiger partial charge >= 0.3 is 0 Å². The van der Waals surface area contributed by atoms with Gasteiger partial charge in [0.2, 0.25) is 0 Å². The van der Waals surface area contributed by atoms with Crippen molar-refractivity contribution in [3.63, 3.8) is 0 Å². The van der Waals surface area contributed by atoms with Crippen LogP contribution in [0.25, 0.3) is 0 Å². The van der Waals surface area contributed by atoms with Gasteiger partial charge in [-0.15, -0.1) is 0 Å². The van der Waals surface area contributed by atoms with Gasteiger partial charge in [-0.05, 0) is 42.7 Å². The Morgan fingerprint density at radius 1 is 1.33 bits per heavy atom. The van der Waals surface area contributed by atoms with E-state index in [9.17, 15) is 8.42 Å². The number of pyridine rings is 1. The van der Waals surface area contributed by atoms with Gasteiger partial charge in [-0.3, -0.25) is 9.29 Å². The molecule has 1 aliphatic heterocycles. The summed E-state index contributed by atoms with van der Waals surface area (Å²) < 4.78 is 26.8. The Kier molecular flexibility index (Phi) is 3.43. The molecule has 1 aromatic heterocycles. The van der Waals surface area contributed by atoms with Crippen molar-refractivity contribution in [1.82, 2.24) is 4.98 Å². The summed E-state index contributed by atoms with van der Waals surface area (Å²) in [6, 6.07) is 8.87. The monoisotopic (exact) mass is 303 g/mol. The first-order valence-corrected chi connectivity index (χ1v) is 8.25. The summed E-state index contributed by atoms with van der Waals surface area (Å²) in [5.74, 6) is 0. The normalized spacial score (nSPS) is 15.8. The van der Waals surface area contributed by atoms with Crippen molar-refractivity contribution in [1.29, 1.82) is 0 Å². The van der Waals surface area contributed by atoms with Gasteiger partial charge in [0.15, 0.2) is 0 Å². The molecule has 3 rings (SSSR count). The van der Waals surface area contributed by atoms with E-state index in [2.05, 4.69) is 4.98 Å². The Labute approximate surface area is 124 Å². The summed E-state index contributed by atoms with van der Waals surface area (Å²) >= 11 is 0. The van der Waals surface area contributed by atoms with E-state index in [1.807, 2.05) is 25.1 Å². The maximum absolute atomic E-state index is 12.7. The van der Waals surface area contributed by atoms with E-state index in [1.54, 1.807) is 18.3 Å². The fourth-order valence-corrected chi connectivity index (χ4v) is 4.02. The van der Waals surface area contributed by atoms with E-state index in [4.69, 9.17) is 5.73 Å². The second-order valence-corrected chi connectivity index (χ2v) is 7.06. The van der Waals surface area contributed by atoms with E-state index in [0.29, 0.717) is 13.0 Å².